The first kappa shape index (κ1) is 54.0. The van der Waals surface area contributed by atoms with Gasteiger partial charge < -0.3 is 23.9 Å². The maximum atomic E-state index is 13.5. The minimum atomic E-state index is -4.66. The summed E-state index contributed by atoms with van der Waals surface area (Å²) in [5.41, 5.74) is 0.0203. The van der Waals surface area contributed by atoms with Crippen LogP contribution in [-0.4, -0.2) is 118 Å². The zero-order valence-corrected chi connectivity index (χ0v) is 43.5. The van der Waals surface area contributed by atoms with Gasteiger partial charge in [0, 0.05) is 17.7 Å². The number of rotatable bonds is 13. The molecule has 0 aliphatic heterocycles. The van der Waals surface area contributed by atoms with Crippen molar-refractivity contribution < 1.29 is 198 Å². The maximum absolute atomic E-state index is 13.5. The fraction of sp³-hybridized carbons (Fsp3) is 0.821. The van der Waals surface area contributed by atoms with Crippen molar-refractivity contribution >= 4 is 65.3 Å². The number of halogens is 2. The molecule has 7 unspecified atom stereocenters. The largest absolute Gasteiger partial charge is 1.00 e. The molecule has 0 spiro atoms. The summed E-state index contributed by atoms with van der Waals surface area (Å²) in [6.45, 7) is 2.73. The van der Waals surface area contributed by atoms with Crippen LogP contribution in [0.4, 0.5) is 5.82 Å². The van der Waals surface area contributed by atoms with Crippen LogP contribution in [0.15, 0.2) is 16.4 Å². The summed E-state index contributed by atoms with van der Waals surface area (Å²) in [4.78, 5) is 15.5. The van der Waals surface area contributed by atoms with Gasteiger partial charge in [-0.15, -0.1) is 28.3 Å². The molecule has 0 bridgehead atoms. The van der Waals surface area contributed by atoms with E-state index in [9.17, 15) is 49.0 Å². The van der Waals surface area contributed by atoms with E-state index < -0.39 is 87.3 Å². The Morgan fingerprint density at radius 1 is 0.981 bits per heavy atom. The van der Waals surface area contributed by atoms with Crippen LogP contribution < -0.4 is 159 Å². The van der Waals surface area contributed by atoms with Gasteiger partial charge in [-0.2, -0.15) is 15.5 Å². The van der Waals surface area contributed by atoms with Gasteiger partial charge in [-0.1, -0.05) is 13.3 Å². The van der Waals surface area contributed by atoms with E-state index in [1.165, 1.54) is 10.9 Å². The second-order valence-corrected chi connectivity index (χ2v) is 19.1. The molecule has 3 saturated carbocycles. The first-order valence-corrected chi connectivity index (χ1v) is 21.8. The normalized spacial score (nSPS) is 29.7. The van der Waals surface area contributed by atoms with Crippen molar-refractivity contribution in [3.05, 3.63) is 11.8 Å². The molecule has 1 aromatic rings. The van der Waals surface area contributed by atoms with Crippen LogP contribution in [0.2, 0.25) is 0 Å². The van der Waals surface area contributed by atoms with Crippen molar-refractivity contribution in [1.29, 1.82) is 5.26 Å². The van der Waals surface area contributed by atoms with Gasteiger partial charge in [0.2, 0.25) is 5.91 Å². The Kier molecular flexibility index (Phi) is 24.2. The molecule has 1 heterocycles. The fourth-order valence-electron chi connectivity index (χ4n) is 7.27. The Morgan fingerprint density at radius 3 is 2.15 bits per heavy atom. The Bertz CT molecular complexity index is 1780. The zero-order chi connectivity index (χ0) is 37.0. The number of amides is 1. The zero-order valence-electron chi connectivity index (χ0n) is 30.2. The van der Waals surface area contributed by atoms with Gasteiger partial charge in [-0.05, 0) is 70.9 Å². The summed E-state index contributed by atoms with van der Waals surface area (Å²) < 4.78 is 105. The summed E-state index contributed by atoms with van der Waals surface area (Å²) in [6.07, 6.45) is 3.11. The molecule has 1 N–H and O–H groups in total. The summed E-state index contributed by atoms with van der Waals surface area (Å²) in [5, 5.41) is 21.6. The van der Waals surface area contributed by atoms with Crippen LogP contribution in [0.5, 0.6) is 0 Å². The Labute approximate surface area is 449 Å². The second kappa shape index (κ2) is 23.8. The quantitative estimate of drug-likeness (QED) is 0.0836. The fourth-order valence-corrected chi connectivity index (χ4v) is 10.8. The summed E-state index contributed by atoms with van der Waals surface area (Å²) >= 11 is 13.1. The van der Waals surface area contributed by atoms with E-state index >= 15 is 0 Å². The molecule has 3 aliphatic carbocycles. The molecule has 53 heavy (non-hydrogen) atoms. The summed E-state index contributed by atoms with van der Waals surface area (Å²) in [7, 11) is -13.6. The monoisotopic (exact) mass is 917 g/mol. The third kappa shape index (κ3) is 15.7. The number of carbonyl (C=O) groups excluding carboxylic acids is 1. The van der Waals surface area contributed by atoms with Gasteiger partial charge in [0.05, 0.1) is 75.9 Å². The third-order valence-electron chi connectivity index (χ3n) is 9.88. The predicted molar refractivity (Wildman–Crippen MR) is 178 cm³/mol. The molecule has 0 saturated heterocycles. The van der Waals surface area contributed by atoms with E-state index in [1.54, 1.807) is 0 Å². The number of nitrogens with one attached hydrogen (secondary N) is 1. The first-order chi connectivity index (χ1) is 23.3. The average molecular weight is 919 g/mol. The van der Waals surface area contributed by atoms with E-state index in [0.29, 0.717) is 45.2 Å². The van der Waals surface area contributed by atoms with Gasteiger partial charge in [0.25, 0.3) is 0 Å². The van der Waals surface area contributed by atoms with Crippen LogP contribution in [0.1, 0.15) is 82.7 Å². The van der Waals surface area contributed by atoms with Gasteiger partial charge in [0.1, 0.15) is 11.6 Å². The van der Waals surface area contributed by atoms with Gasteiger partial charge >= 0.3 is 154 Å². The molecule has 3 fully saturated rings. The topological polar surface area (TPSA) is 270 Å². The van der Waals surface area contributed by atoms with E-state index in [2.05, 4.69) is 20.6 Å². The number of carbonyl (C=O) groups is 1. The average Bonchev–Trinajstić information content (AvgIpc) is 3.43. The molecule has 3 aliphatic rings. The predicted octanol–water partition coefficient (Wildman–Crippen LogP) is -6.92. The molecule has 1 amide bonds. The SMILES string of the molecule is CCN(CCCS(=O)(=O)[O-])C1CCC(N=Nc2c(C#N)cnn2C2C(Cl)CC(S(=O)(=O)[O-])CC2Cl)C(NC(=O)C2CCCC(S(=O)(=O)[O-])C2)C1.[K+].[K+].[K+]. The molecule has 1 aromatic heterocycles. The smallest absolute Gasteiger partial charge is 0.748 e. The summed E-state index contributed by atoms with van der Waals surface area (Å²) in [5.74, 6) is -1.68. The first-order valence-electron chi connectivity index (χ1n) is 16.4. The minimum absolute atomic E-state index is 0. The van der Waals surface area contributed by atoms with Crippen LogP contribution in [0.25, 0.3) is 0 Å². The molecule has 282 valence electrons. The number of hydrogen-bond acceptors (Lipinski definition) is 15. The Balaban J connectivity index is 0.00000468. The molecular formula is C28H40Cl2K3N7O10S3. The van der Waals surface area contributed by atoms with Crippen molar-refractivity contribution in [2.24, 2.45) is 16.1 Å². The Morgan fingerprint density at radius 2 is 1.60 bits per heavy atom. The number of azo groups is 1. The van der Waals surface area contributed by atoms with Crippen LogP contribution in [0.3, 0.4) is 0 Å². The van der Waals surface area contributed by atoms with Crippen molar-refractivity contribution in [1.82, 2.24) is 20.0 Å². The van der Waals surface area contributed by atoms with Gasteiger partial charge in [-0.25, -0.2) is 29.9 Å². The summed E-state index contributed by atoms with van der Waals surface area (Å²) in [6, 6.07) is -0.294. The number of nitrogens with zero attached hydrogens (tertiary/aromatic N) is 6. The van der Waals surface area contributed by atoms with Gasteiger partial charge in [-0.3, -0.25) is 4.79 Å². The van der Waals surface area contributed by atoms with Crippen LogP contribution >= 0.6 is 23.2 Å². The van der Waals surface area contributed by atoms with E-state index in [-0.39, 0.29) is 204 Å². The maximum Gasteiger partial charge on any atom is 1.00 e. The third-order valence-corrected chi connectivity index (χ3v) is 14.0. The molecule has 17 nitrogen and oxygen atoms in total. The van der Waals surface area contributed by atoms with Crippen molar-refractivity contribution in [3.63, 3.8) is 0 Å². The van der Waals surface area contributed by atoms with Crippen molar-refractivity contribution in [2.45, 2.75) is 117 Å². The molecule has 0 radical (unpaired) electrons. The molecule has 25 heteroatoms. The standard InChI is InChI=1S/C28H43Cl2N7O10S3.3K/c1-2-36(9-4-10-48(39,40)41)19-7-8-24(25(12-19)33-28(38)17-5-3-6-20(11-17)49(42,43)44)34-35-27-18(15-31)16-32-37(27)26-22(29)13-21(14-23(26)30)50(45,46)47;;;/h16-17,19-26H,2-14H2,1H3,(H,33,38)(H,39,40,41)(H,42,43,44)(H,45,46,47);;;/q;3*+1/p-3. The molecule has 4 rings (SSSR count). The van der Waals surface area contributed by atoms with Crippen molar-refractivity contribution in [2.75, 3.05) is 18.8 Å². The molecule has 0 aromatic carbocycles. The van der Waals surface area contributed by atoms with E-state index in [1.807, 2.05) is 17.9 Å². The van der Waals surface area contributed by atoms with E-state index in [0.717, 1.165) is 0 Å². The number of hydrogen-bond donors (Lipinski definition) is 1. The van der Waals surface area contributed by atoms with Crippen LogP contribution in [0, 0.1) is 17.2 Å². The number of alkyl halides is 2. The second-order valence-electron chi connectivity index (χ2n) is 13.1. The van der Waals surface area contributed by atoms with Crippen LogP contribution in [-0.2, 0) is 35.1 Å². The van der Waals surface area contributed by atoms with Crippen molar-refractivity contribution in [3.8, 4) is 6.07 Å². The van der Waals surface area contributed by atoms with E-state index in [4.69, 9.17) is 23.2 Å². The minimum Gasteiger partial charge on any atom is -0.748 e. The number of aromatic nitrogens is 2. The Hall–Kier alpha value is 2.95. The molecule has 7 atom stereocenters. The number of nitriles is 1. The molecular weight excluding hydrogens is 879 g/mol. The van der Waals surface area contributed by atoms with Gasteiger partial charge in [0.15, 0.2) is 5.82 Å².